The van der Waals surface area contributed by atoms with Crippen LogP contribution in [0.3, 0.4) is 0 Å². The molecule has 11 heteroatoms. The van der Waals surface area contributed by atoms with E-state index in [4.69, 9.17) is 19.8 Å². The van der Waals surface area contributed by atoms with Crippen LogP contribution in [0.1, 0.15) is 30.7 Å². The summed E-state index contributed by atoms with van der Waals surface area (Å²) in [4.78, 5) is 35.2. The zero-order valence-electron chi connectivity index (χ0n) is 20.3. The minimum Gasteiger partial charge on any atom is -0.497 e. The summed E-state index contributed by atoms with van der Waals surface area (Å²) in [7, 11) is 1.62. The number of benzene rings is 2. The van der Waals surface area contributed by atoms with Gasteiger partial charge in [0.25, 0.3) is 0 Å². The summed E-state index contributed by atoms with van der Waals surface area (Å²) >= 11 is 0. The number of rotatable bonds is 5. The number of amides is 2. The first-order valence-electron chi connectivity index (χ1n) is 12.4. The van der Waals surface area contributed by atoms with Gasteiger partial charge < -0.3 is 25.4 Å². The molecule has 4 aromatic rings. The Morgan fingerprint density at radius 3 is 2.70 bits per heavy atom. The van der Waals surface area contributed by atoms with E-state index in [2.05, 4.69) is 10.6 Å². The fourth-order valence-corrected chi connectivity index (χ4v) is 5.04. The summed E-state index contributed by atoms with van der Waals surface area (Å²) < 4.78 is 6.95. The van der Waals surface area contributed by atoms with Crippen molar-refractivity contribution in [3.05, 3.63) is 48.0 Å². The third kappa shape index (κ3) is 4.15. The van der Waals surface area contributed by atoms with Gasteiger partial charge in [-0.2, -0.15) is 4.52 Å². The van der Waals surface area contributed by atoms with Crippen molar-refractivity contribution in [2.45, 2.75) is 31.2 Å². The normalized spacial score (nSPS) is 18.4. The molecule has 2 aliphatic heterocycles. The van der Waals surface area contributed by atoms with E-state index in [9.17, 15) is 14.7 Å². The van der Waals surface area contributed by atoms with Crippen molar-refractivity contribution in [3.63, 3.8) is 0 Å². The standard InChI is InChI=1S/C26H27N7O4/c1-37-17-10-8-15(9-11-17)22-30-23-21-18(16-13-32(14-16)26(35)36)5-4-7-19(21)28-25(33(23)31-22)29-20-6-2-3-12-27-24(20)34/h4-5,7-11,16,20H,2-3,6,12-14H2,1H3,(H,27,34)(H,28,29)(H,35,36)/t20-/m1/s1. The minimum absolute atomic E-state index is 0.0398. The van der Waals surface area contributed by atoms with Crippen LogP contribution in [0.15, 0.2) is 42.5 Å². The molecule has 0 spiro atoms. The van der Waals surface area contributed by atoms with E-state index in [-0.39, 0.29) is 11.8 Å². The monoisotopic (exact) mass is 501 g/mol. The second-order valence-electron chi connectivity index (χ2n) is 9.44. The summed E-state index contributed by atoms with van der Waals surface area (Å²) in [5, 5.41) is 21.2. The van der Waals surface area contributed by atoms with Crippen LogP contribution in [0.25, 0.3) is 27.9 Å². The van der Waals surface area contributed by atoms with Gasteiger partial charge in [-0.15, -0.1) is 5.10 Å². The van der Waals surface area contributed by atoms with Gasteiger partial charge in [0, 0.05) is 36.5 Å². The van der Waals surface area contributed by atoms with E-state index >= 15 is 0 Å². The first-order chi connectivity index (χ1) is 18.0. The van der Waals surface area contributed by atoms with Crippen LogP contribution in [0.4, 0.5) is 10.7 Å². The van der Waals surface area contributed by atoms with Crippen molar-refractivity contribution in [1.82, 2.24) is 29.8 Å². The van der Waals surface area contributed by atoms with Crippen LogP contribution in [0, 0.1) is 0 Å². The number of methoxy groups -OCH3 is 1. The van der Waals surface area contributed by atoms with Gasteiger partial charge in [0.15, 0.2) is 11.5 Å². The van der Waals surface area contributed by atoms with Crippen LogP contribution in [-0.2, 0) is 4.79 Å². The average molecular weight is 502 g/mol. The number of anilines is 1. The summed E-state index contributed by atoms with van der Waals surface area (Å²) in [5.74, 6) is 1.67. The zero-order chi connectivity index (χ0) is 25.5. The van der Waals surface area contributed by atoms with Gasteiger partial charge in [-0.05, 0) is 55.2 Å². The molecule has 0 bridgehead atoms. The van der Waals surface area contributed by atoms with Crippen LogP contribution in [0.5, 0.6) is 5.75 Å². The maximum absolute atomic E-state index is 12.7. The number of carbonyl (C=O) groups excluding carboxylic acids is 1. The Morgan fingerprint density at radius 2 is 1.95 bits per heavy atom. The lowest BCUT2D eigenvalue weighted by atomic mass is 9.89. The summed E-state index contributed by atoms with van der Waals surface area (Å²) in [6.45, 7) is 1.51. The number of carbonyl (C=O) groups is 2. The number of ether oxygens (including phenoxy) is 1. The lowest BCUT2D eigenvalue weighted by Crippen LogP contribution is -2.47. The minimum atomic E-state index is -0.919. The molecule has 0 unspecified atom stereocenters. The van der Waals surface area contributed by atoms with Gasteiger partial charge in [0.05, 0.1) is 12.6 Å². The predicted octanol–water partition coefficient (Wildman–Crippen LogP) is 3.11. The Bertz CT molecular complexity index is 1490. The van der Waals surface area contributed by atoms with E-state index in [0.717, 1.165) is 35.1 Å². The van der Waals surface area contributed by atoms with E-state index in [0.29, 0.717) is 49.0 Å². The van der Waals surface area contributed by atoms with Gasteiger partial charge in [-0.1, -0.05) is 12.1 Å². The van der Waals surface area contributed by atoms with Crippen molar-refractivity contribution in [2.75, 3.05) is 32.1 Å². The maximum Gasteiger partial charge on any atom is 0.407 e. The molecule has 2 saturated heterocycles. The largest absolute Gasteiger partial charge is 0.497 e. The maximum atomic E-state index is 12.7. The van der Waals surface area contributed by atoms with Gasteiger partial charge in [-0.25, -0.2) is 14.8 Å². The number of hydrogen-bond donors (Lipinski definition) is 3. The summed E-state index contributed by atoms with van der Waals surface area (Å²) in [5.41, 5.74) is 3.12. The first-order valence-corrected chi connectivity index (χ1v) is 12.4. The lowest BCUT2D eigenvalue weighted by Gasteiger charge is -2.37. The van der Waals surface area contributed by atoms with E-state index < -0.39 is 12.1 Å². The Labute approximate surface area is 212 Å². The highest BCUT2D eigenvalue weighted by atomic mass is 16.5. The molecule has 2 aliphatic rings. The molecule has 3 N–H and O–H groups in total. The molecule has 0 saturated carbocycles. The number of fused-ring (bicyclic) bond motifs is 3. The van der Waals surface area contributed by atoms with Gasteiger partial charge in [0.2, 0.25) is 11.9 Å². The molecule has 4 heterocycles. The molecule has 2 amide bonds. The number of hydrogen-bond acceptors (Lipinski definition) is 7. The fraction of sp³-hybridized carbons (Fsp3) is 0.346. The van der Waals surface area contributed by atoms with E-state index in [1.807, 2.05) is 42.5 Å². The quantitative estimate of drug-likeness (QED) is 0.380. The second-order valence-corrected chi connectivity index (χ2v) is 9.44. The summed E-state index contributed by atoms with van der Waals surface area (Å²) in [6.07, 6.45) is 1.64. The number of nitrogens with zero attached hydrogens (tertiary/aromatic N) is 5. The Kier molecular flexibility index (Phi) is 5.74. The topological polar surface area (TPSA) is 134 Å². The number of nitrogens with one attached hydrogen (secondary N) is 2. The van der Waals surface area contributed by atoms with Crippen molar-refractivity contribution in [3.8, 4) is 17.1 Å². The highest BCUT2D eigenvalue weighted by Crippen LogP contribution is 2.35. The molecule has 11 nitrogen and oxygen atoms in total. The Morgan fingerprint density at radius 1 is 1.14 bits per heavy atom. The number of likely N-dealkylation sites (tertiary alicyclic amines) is 1. The molecule has 37 heavy (non-hydrogen) atoms. The number of aromatic nitrogens is 4. The van der Waals surface area contributed by atoms with Gasteiger partial charge in [0.1, 0.15) is 11.8 Å². The Balaban J connectivity index is 1.49. The SMILES string of the molecule is COc1ccc(-c2nc3c4c(C5CN(C(=O)O)C5)cccc4nc(N[C@@H]4CCCCNC4=O)n3n2)cc1. The molecule has 0 radical (unpaired) electrons. The number of carboxylic acid groups (broad SMARTS) is 1. The molecular formula is C26H27N7O4. The smallest absolute Gasteiger partial charge is 0.407 e. The fourth-order valence-electron chi connectivity index (χ4n) is 5.04. The molecular weight excluding hydrogens is 474 g/mol. The Hall–Kier alpha value is -4.41. The van der Waals surface area contributed by atoms with Crippen LogP contribution in [0.2, 0.25) is 0 Å². The zero-order valence-corrected chi connectivity index (χ0v) is 20.3. The molecule has 2 aromatic carbocycles. The highest BCUT2D eigenvalue weighted by Gasteiger charge is 2.34. The van der Waals surface area contributed by atoms with Crippen LogP contribution >= 0.6 is 0 Å². The van der Waals surface area contributed by atoms with E-state index in [1.165, 1.54) is 4.90 Å². The molecule has 2 aromatic heterocycles. The molecule has 0 aliphatic carbocycles. The van der Waals surface area contributed by atoms with Crippen molar-refractivity contribution in [2.24, 2.45) is 0 Å². The predicted molar refractivity (Wildman–Crippen MR) is 137 cm³/mol. The van der Waals surface area contributed by atoms with Crippen molar-refractivity contribution < 1.29 is 19.4 Å². The molecule has 2 fully saturated rings. The van der Waals surface area contributed by atoms with Crippen molar-refractivity contribution >= 4 is 34.5 Å². The van der Waals surface area contributed by atoms with Crippen LogP contribution in [-0.4, -0.2) is 74.4 Å². The molecule has 190 valence electrons. The lowest BCUT2D eigenvalue weighted by molar-refractivity contribution is -0.121. The third-order valence-corrected chi connectivity index (χ3v) is 7.11. The first kappa shape index (κ1) is 23.0. The van der Waals surface area contributed by atoms with E-state index in [1.54, 1.807) is 11.6 Å². The van der Waals surface area contributed by atoms with Gasteiger partial charge in [-0.3, -0.25) is 4.79 Å². The average Bonchev–Trinajstić information content (AvgIpc) is 3.22. The second kappa shape index (κ2) is 9.23. The molecule has 1 atom stereocenters. The summed E-state index contributed by atoms with van der Waals surface area (Å²) in [6, 6.07) is 12.9. The molecule has 6 rings (SSSR count). The van der Waals surface area contributed by atoms with Crippen molar-refractivity contribution in [1.29, 1.82) is 0 Å². The van der Waals surface area contributed by atoms with Crippen LogP contribution < -0.4 is 15.4 Å². The highest BCUT2D eigenvalue weighted by molar-refractivity contribution is 5.97. The third-order valence-electron chi connectivity index (χ3n) is 7.11. The van der Waals surface area contributed by atoms with Gasteiger partial charge >= 0.3 is 6.09 Å².